The number of fused-ring (bicyclic) bond motifs is 10. The Morgan fingerprint density at radius 1 is 0.849 bits per heavy atom. The zero-order valence-electron chi connectivity index (χ0n) is 31.8. The molecule has 3 unspecified atom stereocenters. The van der Waals surface area contributed by atoms with Gasteiger partial charge in [0.1, 0.15) is 30.5 Å². The number of esters is 1. The van der Waals surface area contributed by atoms with Crippen LogP contribution in [0.15, 0.2) is 110 Å². The highest BCUT2D eigenvalue weighted by molar-refractivity contribution is 5.99. The molecule has 1 saturated carbocycles. The number of aryl methyl sites for hydroxylation is 1. The second kappa shape index (κ2) is 12.8. The lowest BCUT2D eigenvalue weighted by molar-refractivity contribution is -0.138. The minimum absolute atomic E-state index is 0.0392. The van der Waals surface area contributed by atoms with Crippen molar-refractivity contribution in [2.24, 2.45) is 16.7 Å². The maximum atomic E-state index is 11.5. The van der Waals surface area contributed by atoms with Gasteiger partial charge in [-0.2, -0.15) is 0 Å². The summed E-state index contributed by atoms with van der Waals surface area (Å²) in [5, 5.41) is 2.44. The van der Waals surface area contributed by atoms with E-state index in [-0.39, 0.29) is 29.5 Å². The minimum Gasteiger partial charge on any atom is -0.497 e. The van der Waals surface area contributed by atoms with Crippen molar-refractivity contribution in [1.29, 1.82) is 0 Å². The first kappa shape index (κ1) is 35.0. The molecular weight excluding hydrogens is 657 g/mol. The zero-order chi connectivity index (χ0) is 37.2. The highest BCUT2D eigenvalue weighted by atomic mass is 16.6. The van der Waals surface area contributed by atoms with Gasteiger partial charge in [-0.3, -0.25) is 0 Å². The van der Waals surface area contributed by atoms with Crippen LogP contribution in [-0.4, -0.2) is 26.3 Å². The Balaban J connectivity index is 1.32. The van der Waals surface area contributed by atoms with E-state index in [1.165, 1.54) is 34.1 Å². The molecule has 1 heterocycles. The van der Waals surface area contributed by atoms with Crippen molar-refractivity contribution in [3.8, 4) is 17.2 Å². The van der Waals surface area contributed by atoms with E-state index in [4.69, 9.17) is 18.9 Å². The van der Waals surface area contributed by atoms with E-state index in [2.05, 4.69) is 120 Å². The second-order valence-corrected chi connectivity index (χ2v) is 17.1. The van der Waals surface area contributed by atoms with Crippen LogP contribution in [0.2, 0.25) is 0 Å². The number of carbonyl (C=O) groups excluding carboxylic acids is 1. The number of benzene rings is 4. The summed E-state index contributed by atoms with van der Waals surface area (Å²) in [6, 6.07) is 23.2. The zero-order valence-corrected chi connectivity index (χ0v) is 31.8. The molecule has 272 valence electrons. The average molecular weight is 707 g/mol. The van der Waals surface area contributed by atoms with Crippen molar-refractivity contribution in [1.82, 2.24) is 0 Å². The molecule has 0 amide bonds. The normalized spacial score (nSPS) is 23.8. The standard InChI is InChI=1S/C48H50O5/c1-8-41(49)52-26-25-51-35-20-16-33(17-21-35)48(32-14-18-34(50-7)19-15-32)24-23-38-43-42(36-22-13-31(2)27-39(36)44(38)53-48)37-11-9-10-12-40(37)47(43)29-45(3,4)28-46(5,6)30-47/h8-24,27,37,40H,1,25-26,28-30H2,2-7H3. The first-order chi connectivity index (χ1) is 25.4. The lowest BCUT2D eigenvalue weighted by atomic mass is 9.50. The monoisotopic (exact) mass is 706 g/mol. The summed E-state index contributed by atoms with van der Waals surface area (Å²) >= 11 is 0. The maximum Gasteiger partial charge on any atom is 0.330 e. The molecule has 3 aliphatic carbocycles. The van der Waals surface area contributed by atoms with E-state index in [0.717, 1.165) is 46.9 Å². The van der Waals surface area contributed by atoms with Crippen molar-refractivity contribution >= 4 is 22.8 Å². The van der Waals surface area contributed by atoms with Gasteiger partial charge in [0, 0.05) is 39.5 Å². The van der Waals surface area contributed by atoms with E-state index in [1.54, 1.807) is 7.11 Å². The first-order valence-corrected chi connectivity index (χ1v) is 18.9. The second-order valence-electron chi connectivity index (χ2n) is 17.1. The summed E-state index contributed by atoms with van der Waals surface area (Å²) in [4.78, 5) is 11.5. The highest BCUT2D eigenvalue weighted by Gasteiger charge is 2.59. The molecule has 4 aromatic rings. The smallest absolute Gasteiger partial charge is 0.330 e. The third-order valence-electron chi connectivity index (χ3n) is 12.0. The molecular formula is C48H50O5. The van der Waals surface area contributed by atoms with Crippen LogP contribution in [0.3, 0.4) is 0 Å². The van der Waals surface area contributed by atoms with Crippen LogP contribution in [0.1, 0.15) is 86.3 Å². The van der Waals surface area contributed by atoms with Gasteiger partial charge in [-0.05, 0) is 95.9 Å². The number of rotatable bonds is 8. The molecule has 8 rings (SSSR count). The van der Waals surface area contributed by atoms with Gasteiger partial charge in [0.05, 0.1) is 7.11 Å². The van der Waals surface area contributed by atoms with Crippen LogP contribution >= 0.6 is 0 Å². The van der Waals surface area contributed by atoms with E-state index < -0.39 is 11.6 Å². The Bertz CT molecular complexity index is 2170. The van der Waals surface area contributed by atoms with Gasteiger partial charge >= 0.3 is 5.97 Å². The van der Waals surface area contributed by atoms with Crippen LogP contribution < -0.4 is 14.2 Å². The molecule has 4 aliphatic rings. The van der Waals surface area contributed by atoms with Crippen molar-refractivity contribution in [3.63, 3.8) is 0 Å². The van der Waals surface area contributed by atoms with Gasteiger partial charge in [0.25, 0.3) is 0 Å². The fourth-order valence-electron chi connectivity index (χ4n) is 10.8. The van der Waals surface area contributed by atoms with Crippen LogP contribution in [0.5, 0.6) is 17.2 Å². The highest BCUT2D eigenvalue weighted by Crippen LogP contribution is 2.68. The van der Waals surface area contributed by atoms with Crippen molar-refractivity contribution < 1.29 is 23.7 Å². The molecule has 0 aromatic heterocycles. The van der Waals surface area contributed by atoms with E-state index in [9.17, 15) is 4.79 Å². The first-order valence-electron chi connectivity index (χ1n) is 18.9. The molecule has 3 atom stereocenters. The van der Waals surface area contributed by atoms with Crippen LogP contribution in [-0.2, 0) is 20.5 Å². The number of hydrogen-bond donors (Lipinski definition) is 0. The van der Waals surface area contributed by atoms with Crippen LogP contribution in [0, 0.1) is 23.7 Å². The lowest BCUT2D eigenvalue weighted by Crippen LogP contribution is -2.47. The fourth-order valence-corrected chi connectivity index (χ4v) is 10.8. The molecule has 4 aromatic carbocycles. The molecule has 53 heavy (non-hydrogen) atoms. The third-order valence-corrected chi connectivity index (χ3v) is 12.0. The largest absolute Gasteiger partial charge is 0.497 e. The number of carbonyl (C=O) groups is 1. The van der Waals surface area contributed by atoms with E-state index in [0.29, 0.717) is 17.6 Å². The summed E-state index contributed by atoms with van der Waals surface area (Å²) < 4.78 is 24.3. The van der Waals surface area contributed by atoms with Crippen molar-refractivity contribution in [2.45, 2.75) is 70.8 Å². The number of ether oxygens (including phenoxy) is 4. The summed E-state index contributed by atoms with van der Waals surface area (Å²) in [6.07, 6.45) is 18.8. The number of allylic oxidation sites excluding steroid dienone is 4. The number of methoxy groups -OCH3 is 1. The van der Waals surface area contributed by atoms with Crippen molar-refractivity contribution in [2.75, 3.05) is 20.3 Å². The number of hydrogen-bond acceptors (Lipinski definition) is 5. The summed E-state index contributed by atoms with van der Waals surface area (Å²) in [5.74, 6) is 2.64. The van der Waals surface area contributed by atoms with Crippen LogP contribution in [0.25, 0.3) is 16.8 Å². The Morgan fingerprint density at radius 2 is 1.51 bits per heavy atom. The van der Waals surface area contributed by atoms with Gasteiger partial charge in [0.15, 0.2) is 5.60 Å². The topological polar surface area (TPSA) is 54.0 Å². The van der Waals surface area contributed by atoms with Gasteiger partial charge in [0.2, 0.25) is 0 Å². The van der Waals surface area contributed by atoms with Crippen LogP contribution in [0.4, 0.5) is 0 Å². The fraction of sp³-hybridized carbons (Fsp3) is 0.354. The maximum absolute atomic E-state index is 11.5. The third kappa shape index (κ3) is 5.89. The Kier molecular flexibility index (Phi) is 8.48. The molecule has 1 spiro atoms. The Labute approximate surface area is 314 Å². The quantitative estimate of drug-likeness (QED) is 0.104. The predicted octanol–water partition coefficient (Wildman–Crippen LogP) is 10.9. The van der Waals surface area contributed by atoms with Gasteiger partial charge in [-0.1, -0.05) is 107 Å². The van der Waals surface area contributed by atoms with Gasteiger partial charge in [-0.25, -0.2) is 4.79 Å². The Hall–Kier alpha value is -5.03. The Morgan fingerprint density at radius 3 is 2.17 bits per heavy atom. The lowest BCUT2D eigenvalue weighted by Gasteiger charge is -2.54. The SMILES string of the molecule is C=CC(=O)OCCOc1ccc(C2(c3ccc(OC)cc3)C=Cc3c4c(c5ccc(C)cc5c3O2)C2C=CC=CC2C42CC(C)(C)CC(C)(C)C2)cc1. The molecule has 1 aliphatic heterocycles. The minimum atomic E-state index is -0.925. The predicted molar refractivity (Wildman–Crippen MR) is 213 cm³/mol. The molecule has 5 nitrogen and oxygen atoms in total. The summed E-state index contributed by atoms with van der Waals surface area (Å²) in [5.41, 5.74) is 6.76. The molecule has 0 radical (unpaired) electrons. The van der Waals surface area contributed by atoms with E-state index in [1.807, 2.05) is 24.3 Å². The molecule has 0 bridgehead atoms. The summed E-state index contributed by atoms with van der Waals surface area (Å²) in [7, 11) is 1.69. The molecule has 1 fully saturated rings. The van der Waals surface area contributed by atoms with Gasteiger partial charge < -0.3 is 18.9 Å². The molecule has 5 heteroatoms. The molecule has 0 N–H and O–H groups in total. The van der Waals surface area contributed by atoms with Gasteiger partial charge in [-0.15, -0.1) is 0 Å². The van der Waals surface area contributed by atoms with Crippen molar-refractivity contribution in [3.05, 3.63) is 143 Å². The molecule has 0 saturated heterocycles. The van der Waals surface area contributed by atoms with E-state index >= 15 is 0 Å². The average Bonchev–Trinajstić information content (AvgIpc) is 3.40. The summed E-state index contributed by atoms with van der Waals surface area (Å²) in [6.45, 7) is 15.9.